The van der Waals surface area contributed by atoms with Crippen molar-refractivity contribution in [1.82, 2.24) is 14.8 Å². The Morgan fingerprint density at radius 2 is 2.11 bits per heavy atom. The molecule has 0 radical (unpaired) electrons. The van der Waals surface area contributed by atoms with Crippen molar-refractivity contribution >= 4 is 39.3 Å². The minimum atomic E-state index is -0.601. The molecule has 1 saturated heterocycles. The zero-order valence-electron chi connectivity index (χ0n) is 14.7. The van der Waals surface area contributed by atoms with E-state index in [0.717, 1.165) is 4.47 Å². The number of rotatable bonds is 2. The van der Waals surface area contributed by atoms with E-state index in [2.05, 4.69) is 26.6 Å². The number of carbonyl (C=O) groups excluding carboxylic acids is 3. The first kappa shape index (κ1) is 17.8. The number of aromatic nitrogens is 1. The summed E-state index contributed by atoms with van der Waals surface area (Å²) in [5.41, 5.74) is 1.56. The van der Waals surface area contributed by atoms with Gasteiger partial charge in [0, 0.05) is 30.3 Å². The molecule has 7 nitrogen and oxygen atoms in total. The third-order valence-corrected chi connectivity index (χ3v) is 5.64. The van der Waals surface area contributed by atoms with Crippen molar-refractivity contribution in [1.29, 1.82) is 0 Å². The maximum Gasteiger partial charge on any atom is 0.268 e. The Hall–Kier alpha value is -2.61. The molecule has 0 aliphatic carbocycles. The Balaban J connectivity index is 1.53. The number of aryl methyl sites for hydroxylation is 1. The highest BCUT2D eigenvalue weighted by Gasteiger charge is 2.40. The zero-order chi connectivity index (χ0) is 19.1. The van der Waals surface area contributed by atoms with Crippen molar-refractivity contribution in [2.45, 2.75) is 24.9 Å². The molecule has 0 bridgehead atoms. The minimum Gasteiger partial charge on any atom is -0.348 e. The summed E-state index contributed by atoms with van der Waals surface area (Å²) in [6, 6.07) is 8.03. The predicted octanol–water partition coefficient (Wildman–Crippen LogP) is 2.14. The van der Waals surface area contributed by atoms with Crippen molar-refractivity contribution in [2.24, 2.45) is 7.05 Å². The Bertz CT molecular complexity index is 939. The molecule has 8 heteroatoms. The molecule has 0 spiro atoms. The molecule has 140 valence electrons. The third kappa shape index (κ3) is 3.25. The lowest BCUT2D eigenvalue weighted by Gasteiger charge is -2.37. The van der Waals surface area contributed by atoms with Gasteiger partial charge in [0.1, 0.15) is 11.7 Å². The molecular weight excluding hydrogens is 412 g/mol. The number of nitrogens with one attached hydrogen (secondary N) is 2. The van der Waals surface area contributed by atoms with Gasteiger partial charge in [-0.3, -0.25) is 14.4 Å². The van der Waals surface area contributed by atoms with E-state index in [1.807, 2.05) is 19.3 Å². The van der Waals surface area contributed by atoms with Crippen LogP contribution < -0.4 is 10.6 Å². The monoisotopic (exact) mass is 430 g/mol. The van der Waals surface area contributed by atoms with Gasteiger partial charge >= 0.3 is 0 Å². The fourth-order valence-corrected chi connectivity index (χ4v) is 4.08. The van der Waals surface area contributed by atoms with Crippen LogP contribution in [0.2, 0.25) is 0 Å². The predicted molar refractivity (Wildman–Crippen MR) is 103 cm³/mol. The molecular formula is C19H19BrN4O3. The standard InChI is InChI=1S/C19H19BrN4O3/c1-23-7-2-3-15(23)17(25)21-12-6-8-24-16(10-12)18(26)22-14-5-4-11(20)9-13(14)19(24)27/h2-5,7,9,12,16H,6,8,10H2,1H3,(H,21,25)(H,22,26)/t12-,16-/m0/s1. The van der Waals surface area contributed by atoms with Crippen LogP contribution in [0.1, 0.15) is 33.7 Å². The number of hydrogen-bond acceptors (Lipinski definition) is 3. The first-order valence-corrected chi connectivity index (χ1v) is 9.57. The fraction of sp³-hybridized carbons (Fsp3) is 0.316. The smallest absolute Gasteiger partial charge is 0.268 e. The van der Waals surface area contributed by atoms with Crippen molar-refractivity contribution in [3.05, 3.63) is 52.3 Å². The molecule has 0 saturated carbocycles. The van der Waals surface area contributed by atoms with Crippen molar-refractivity contribution < 1.29 is 14.4 Å². The summed E-state index contributed by atoms with van der Waals surface area (Å²) in [6.07, 6.45) is 2.81. The highest BCUT2D eigenvalue weighted by Crippen LogP contribution is 2.30. The van der Waals surface area contributed by atoms with Gasteiger partial charge in [0.15, 0.2) is 0 Å². The van der Waals surface area contributed by atoms with Gasteiger partial charge < -0.3 is 20.1 Å². The molecule has 2 aliphatic heterocycles. The SMILES string of the molecule is Cn1cccc1C(=O)N[C@H]1CCN2C(=O)c3cc(Br)ccc3NC(=O)[C@@H]2C1. The van der Waals surface area contributed by atoms with Crippen LogP contribution in [0.3, 0.4) is 0 Å². The summed E-state index contributed by atoms with van der Waals surface area (Å²) >= 11 is 3.37. The van der Waals surface area contributed by atoms with Crippen LogP contribution in [-0.2, 0) is 11.8 Å². The van der Waals surface area contributed by atoms with Crippen LogP contribution >= 0.6 is 15.9 Å². The second kappa shape index (κ2) is 6.84. The summed E-state index contributed by atoms with van der Waals surface area (Å²) in [4.78, 5) is 39.7. The van der Waals surface area contributed by atoms with Gasteiger partial charge in [-0.25, -0.2) is 0 Å². The van der Waals surface area contributed by atoms with E-state index < -0.39 is 6.04 Å². The highest BCUT2D eigenvalue weighted by atomic mass is 79.9. The molecule has 4 rings (SSSR count). The number of piperidine rings is 1. The van der Waals surface area contributed by atoms with Crippen LogP contribution in [0.25, 0.3) is 0 Å². The van der Waals surface area contributed by atoms with Gasteiger partial charge in [0.2, 0.25) is 5.91 Å². The number of nitrogens with zero attached hydrogens (tertiary/aromatic N) is 2. The molecule has 2 aromatic rings. The van der Waals surface area contributed by atoms with Gasteiger partial charge in [-0.15, -0.1) is 0 Å². The quantitative estimate of drug-likeness (QED) is 0.765. The molecule has 27 heavy (non-hydrogen) atoms. The lowest BCUT2D eigenvalue weighted by Crippen LogP contribution is -2.55. The first-order chi connectivity index (χ1) is 12.9. The molecule has 2 N–H and O–H groups in total. The summed E-state index contributed by atoms with van der Waals surface area (Å²) < 4.78 is 2.54. The summed E-state index contributed by atoms with van der Waals surface area (Å²) in [5, 5.41) is 5.85. The van der Waals surface area contributed by atoms with Crippen LogP contribution in [0.15, 0.2) is 41.0 Å². The topological polar surface area (TPSA) is 83.4 Å². The second-order valence-electron chi connectivity index (χ2n) is 6.89. The second-order valence-corrected chi connectivity index (χ2v) is 7.81. The molecule has 1 aromatic heterocycles. The van der Waals surface area contributed by atoms with Crippen molar-refractivity contribution in [3.8, 4) is 0 Å². The average molecular weight is 431 g/mol. The Morgan fingerprint density at radius 3 is 2.85 bits per heavy atom. The molecule has 0 unspecified atom stereocenters. The molecule has 2 aliphatic rings. The summed E-state index contributed by atoms with van der Waals surface area (Å²) in [5.74, 6) is -0.558. The Kier molecular flexibility index (Phi) is 4.51. The molecule has 1 fully saturated rings. The van der Waals surface area contributed by atoms with E-state index in [0.29, 0.717) is 36.3 Å². The van der Waals surface area contributed by atoms with Crippen molar-refractivity contribution in [3.63, 3.8) is 0 Å². The fourth-order valence-electron chi connectivity index (χ4n) is 3.72. The van der Waals surface area contributed by atoms with E-state index >= 15 is 0 Å². The maximum atomic E-state index is 13.0. The summed E-state index contributed by atoms with van der Waals surface area (Å²) in [6.45, 7) is 0.418. The van der Waals surface area contributed by atoms with Crippen LogP contribution in [0.5, 0.6) is 0 Å². The summed E-state index contributed by atoms with van der Waals surface area (Å²) in [7, 11) is 1.81. The molecule has 3 amide bonds. The van der Waals surface area contributed by atoms with Gasteiger partial charge in [-0.05, 0) is 43.2 Å². The minimum absolute atomic E-state index is 0.165. The van der Waals surface area contributed by atoms with Gasteiger partial charge in [0.05, 0.1) is 11.3 Å². The zero-order valence-corrected chi connectivity index (χ0v) is 16.3. The molecule has 2 atom stereocenters. The van der Waals surface area contributed by atoms with Crippen LogP contribution in [0, 0.1) is 0 Å². The van der Waals surface area contributed by atoms with Gasteiger partial charge in [-0.1, -0.05) is 15.9 Å². The number of anilines is 1. The van der Waals surface area contributed by atoms with Crippen molar-refractivity contribution in [2.75, 3.05) is 11.9 Å². The third-order valence-electron chi connectivity index (χ3n) is 5.15. The lowest BCUT2D eigenvalue weighted by atomic mass is 9.96. The Labute approximate surface area is 164 Å². The maximum absolute atomic E-state index is 13.0. The Morgan fingerprint density at radius 1 is 1.30 bits per heavy atom. The van der Waals surface area contributed by atoms with Gasteiger partial charge in [-0.2, -0.15) is 0 Å². The molecule has 3 heterocycles. The number of fused-ring (bicyclic) bond motifs is 2. The highest BCUT2D eigenvalue weighted by molar-refractivity contribution is 9.10. The lowest BCUT2D eigenvalue weighted by molar-refractivity contribution is -0.121. The number of hydrogen-bond donors (Lipinski definition) is 2. The molecule has 1 aromatic carbocycles. The number of benzene rings is 1. The largest absolute Gasteiger partial charge is 0.348 e. The van der Waals surface area contributed by atoms with E-state index in [1.54, 1.807) is 33.7 Å². The number of amides is 3. The van der Waals surface area contributed by atoms with Gasteiger partial charge in [0.25, 0.3) is 11.8 Å². The van der Waals surface area contributed by atoms with Crippen LogP contribution in [0.4, 0.5) is 5.69 Å². The first-order valence-electron chi connectivity index (χ1n) is 8.77. The number of carbonyl (C=O) groups is 3. The van der Waals surface area contributed by atoms with E-state index in [1.165, 1.54) is 0 Å². The number of halogens is 1. The normalized spacial score (nSPS) is 21.8. The van der Waals surface area contributed by atoms with Crippen LogP contribution in [-0.4, -0.2) is 45.8 Å². The average Bonchev–Trinajstić information content (AvgIpc) is 3.04. The van der Waals surface area contributed by atoms with E-state index in [4.69, 9.17) is 0 Å². The van der Waals surface area contributed by atoms with E-state index in [-0.39, 0.29) is 23.8 Å². The van der Waals surface area contributed by atoms with E-state index in [9.17, 15) is 14.4 Å².